The molecule has 7 nitrogen and oxygen atoms in total. The number of phenolic OH excluding ortho intramolecular Hbond substituents is 1. The van der Waals surface area contributed by atoms with E-state index in [4.69, 9.17) is 4.74 Å². The highest BCUT2D eigenvalue weighted by Gasteiger charge is 2.71. The van der Waals surface area contributed by atoms with Crippen molar-refractivity contribution in [2.24, 2.45) is 16.7 Å². The standard InChI is InChI=1S/C30H36O7/c1-14-22-19(7-8-20(25(22)33)18-9-11-37-12-10-18)15(2)29(6)17(4)28(5)13-21(32)23(16(3)31)26(34)30(28,36)27(35)24(14)29/h7-8,15,17-18,32-33,35-36H,1,9-13H2,2-6H3/t15-,17+,28+,29-,30+/m1/s1. The molecule has 0 amide bonds. The van der Waals surface area contributed by atoms with Crippen LogP contribution in [0.4, 0.5) is 0 Å². The maximum Gasteiger partial charge on any atom is 0.209 e. The van der Waals surface area contributed by atoms with Gasteiger partial charge in [0.25, 0.3) is 0 Å². The van der Waals surface area contributed by atoms with Crippen LogP contribution in [0.25, 0.3) is 5.57 Å². The first kappa shape index (κ1) is 25.7. The molecule has 0 unspecified atom stereocenters. The summed E-state index contributed by atoms with van der Waals surface area (Å²) in [7, 11) is 0. The molecule has 1 aliphatic heterocycles. The third-order valence-corrected chi connectivity index (χ3v) is 10.4. The minimum Gasteiger partial charge on any atom is -0.511 e. The minimum absolute atomic E-state index is 0.105. The van der Waals surface area contributed by atoms with Crippen LogP contribution >= 0.6 is 0 Å². The van der Waals surface area contributed by atoms with Crippen LogP contribution in [0.15, 0.2) is 41.4 Å². The van der Waals surface area contributed by atoms with E-state index in [9.17, 15) is 30.0 Å². The van der Waals surface area contributed by atoms with Crippen molar-refractivity contribution in [1.82, 2.24) is 0 Å². The summed E-state index contributed by atoms with van der Waals surface area (Å²) < 4.78 is 5.49. The van der Waals surface area contributed by atoms with E-state index in [1.54, 1.807) is 6.92 Å². The number of aliphatic hydroxyl groups excluding tert-OH is 2. The molecule has 1 fully saturated rings. The zero-order valence-corrected chi connectivity index (χ0v) is 22.1. The van der Waals surface area contributed by atoms with Crippen molar-refractivity contribution in [2.45, 2.75) is 71.3 Å². The number of phenols is 1. The minimum atomic E-state index is -2.43. The molecule has 5 atom stereocenters. The fourth-order valence-corrected chi connectivity index (χ4v) is 7.80. The van der Waals surface area contributed by atoms with Gasteiger partial charge < -0.3 is 25.2 Å². The number of Topliss-reactive ketones (excluding diaryl/α,β-unsaturated/α-hetero) is 2. The molecule has 0 radical (unpaired) electrons. The number of hydrogen-bond donors (Lipinski definition) is 4. The van der Waals surface area contributed by atoms with Gasteiger partial charge in [0, 0.05) is 41.6 Å². The Balaban J connectivity index is 1.77. The third kappa shape index (κ3) is 2.95. The van der Waals surface area contributed by atoms with Gasteiger partial charge in [-0.1, -0.05) is 46.4 Å². The number of ketones is 2. The first-order valence-electron chi connectivity index (χ1n) is 13.0. The first-order chi connectivity index (χ1) is 17.2. The SMILES string of the molecule is C=C1C2=C(O)[C@@]3(O)C(=O)C(C(C)=O)=C(O)C[C@@]3(C)[C@H](C)[C@@]2(C)[C@H](C)c2ccc(C3CCOCC3)c(O)c21. The Bertz CT molecular complexity index is 1310. The van der Waals surface area contributed by atoms with Crippen LogP contribution in [0, 0.1) is 16.7 Å². The Morgan fingerprint density at radius 1 is 1.08 bits per heavy atom. The summed E-state index contributed by atoms with van der Waals surface area (Å²) in [6.45, 7) is 14.2. The van der Waals surface area contributed by atoms with Gasteiger partial charge in [-0.2, -0.15) is 0 Å². The Labute approximate surface area is 217 Å². The van der Waals surface area contributed by atoms with E-state index in [1.165, 1.54) is 0 Å². The Morgan fingerprint density at radius 3 is 2.27 bits per heavy atom. The van der Waals surface area contributed by atoms with Gasteiger partial charge in [0.15, 0.2) is 11.4 Å². The van der Waals surface area contributed by atoms with E-state index in [0.717, 1.165) is 30.9 Å². The first-order valence-corrected chi connectivity index (χ1v) is 13.0. The highest BCUT2D eigenvalue weighted by Crippen LogP contribution is 2.70. The van der Waals surface area contributed by atoms with Gasteiger partial charge in [-0.05, 0) is 54.2 Å². The maximum atomic E-state index is 13.7. The van der Waals surface area contributed by atoms with E-state index >= 15 is 0 Å². The third-order valence-electron chi connectivity index (χ3n) is 10.4. The number of rotatable bonds is 2. The summed E-state index contributed by atoms with van der Waals surface area (Å²) in [4.78, 5) is 25.9. The van der Waals surface area contributed by atoms with Crippen LogP contribution in [-0.4, -0.2) is 50.8 Å². The summed E-state index contributed by atoms with van der Waals surface area (Å²) in [5.41, 5.74) is -2.14. The van der Waals surface area contributed by atoms with Crippen molar-refractivity contribution < 1.29 is 34.8 Å². The molecule has 1 aromatic rings. The average Bonchev–Trinajstić information content (AvgIpc) is 2.84. The monoisotopic (exact) mass is 508 g/mol. The summed E-state index contributed by atoms with van der Waals surface area (Å²) in [6.07, 6.45) is 1.43. The molecule has 1 heterocycles. The van der Waals surface area contributed by atoms with E-state index < -0.39 is 45.2 Å². The number of aromatic hydroxyl groups is 1. The Kier molecular flexibility index (Phi) is 5.60. The number of ether oxygens (including phenoxy) is 1. The van der Waals surface area contributed by atoms with Gasteiger partial charge in [-0.25, -0.2) is 0 Å². The van der Waals surface area contributed by atoms with E-state index in [-0.39, 0.29) is 29.8 Å². The van der Waals surface area contributed by atoms with Crippen molar-refractivity contribution in [2.75, 3.05) is 13.2 Å². The van der Waals surface area contributed by atoms with Gasteiger partial charge in [-0.15, -0.1) is 0 Å². The highest BCUT2D eigenvalue weighted by molar-refractivity contribution is 6.24. The second kappa shape index (κ2) is 8.05. The largest absolute Gasteiger partial charge is 0.511 e. The normalized spacial score (nSPS) is 36.3. The van der Waals surface area contributed by atoms with Crippen LogP contribution in [0.1, 0.15) is 82.4 Å². The van der Waals surface area contributed by atoms with Gasteiger partial charge in [0.1, 0.15) is 22.8 Å². The lowest BCUT2D eigenvalue weighted by atomic mass is 9.41. The molecule has 37 heavy (non-hydrogen) atoms. The van der Waals surface area contributed by atoms with E-state index in [2.05, 4.69) is 6.58 Å². The number of hydrogen-bond acceptors (Lipinski definition) is 7. The molecular weight excluding hydrogens is 472 g/mol. The fraction of sp³-hybridized carbons (Fsp3) is 0.533. The maximum absolute atomic E-state index is 13.7. The van der Waals surface area contributed by atoms with Crippen molar-refractivity contribution in [1.29, 1.82) is 0 Å². The Morgan fingerprint density at radius 2 is 1.68 bits per heavy atom. The molecule has 1 aromatic carbocycles. The zero-order chi connectivity index (χ0) is 27.2. The molecule has 0 spiro atoms. The molecule has 1 saturated heterocycles. The van der Waals surface area contributed by atoms with Gasteiger partial charge in [0.05, 0.1) is 0 Å². The predicted octanol–water partition coefficient (Wildman–Crippen LogP) is 5.00. The molecular formula is C30H36O7. The van der Waals surface area contributed by atoms with Crippen LogP contribution in [0.5, 0.6) is 5.75 Å². The molecule has 3 aliphatic carbocycles. The highest BCUT2D eigenvalue weighted by atomic mass is 16.5. The molecule has 7 heteroatoms. The molecule has 4 N–H and O–H groups in total. The lowest BCUT2D eigenvalue weighted by molar-refractivity contribution is -0.171. The number of allylic oxidation sites excluding steroid dienone is 3. The van der Waals surface area contributed by atoms with Crippen molar-refractivity contribution in [3.63, 3.8) is 0 Å². The number of benzene rings is 1. The summed E-state index contributed by atoms with van der Waals surface area (Å²) in [5, 5.41) is 46.2. The molecule has 0 aromatic heterocycles. The Hall–Kier alpha value is -2.90. The molecule has 198 valence electrons. The topological polar surface area (TPSA) is 124 Å². The molecule has 0 bridgehead atoms. The average molecular weight is 509 g/mol. The number of aliphatic hydroxyl groups is 3. The molecule has 4 aliphatic rings. The zero-order valence-electron chi connectivity index (χ0n) is 22.1. The number of carbonyl (C=O) groups excluding carboxylic acids is 2. The molecule has 0 saturated carbocycles. The van der Waals surface area contributed by atoms with Crippen LogP contribution in [-0.2, 0) is 14.3 Å². The van der Waals surface area contributed by atoms with E-state index in [1.807, 2.05) is 32.9 Å². The van der Waals surface area contributed by atoms with Crippen molar-refractivity contribution in [3.8, 4) is 5.75 Å². The second-order valence-corrected chi connectivity index (χ2v) is 11.8. The second-order valence-electron chi connectivity index (χ2n) is 11.8. The number of carbonyl (C=O) groups is 2. The lowest BCUT2D eigenvalue weighted by Crippen LogP contribution is -2.67. The van der Waals surface area contributed by atoms with Crippen molar-refractivity contribution >= 4 is 17.1 Å². The van der Waals surface area contributed by atoms with Gasteiger partial charge >= 0.3 is 0 Å². The van der Waals surface area contributed by atoms with Crippen molar-refractivity contribution in [3.05, 3.63) is 58.1 Å². The number of fused-ring (bicyclic) bond motifs is 3. The summed E-state index contributed by atoms with van der Waals surface area (Å²) in [6, 6.07) is 3.98. The lowest BCUT2D eigenvalue weighted by Gasteiger charge is -2.62. The fourth-order valence-electron chi connectivity index (χ4n) is 7.80. The predicted molar refractivity (Wildman–Crippen MR) is 138 cm³/mol. The summed E-state index contributed by atoms with van der Waals surface area (Å²) >= 11 is 0. The van der Waals surface area contributed by atoms with Gasteiger partial charge in [-0.3, -0.25) is 9.59 Å². The van der Waals surface area contributed by atoms with Crippen LogP contribution in [0.2, 0.25) is 0 Å². The molecule has 5 rings (SSSR count). The summed E-state index contributed by atoms with van der Waals surface area (Å²) in [5.74, 6) is -3.02. The van der Waals surface area contributed by atoms with Crippen LogP contribution < -0.4 is 0 Å². The smallest absolute Gasteiger partial charge is 0.209 e. The van der Waals surface area contributed by atoms with Gasteiger partial charge in [0.2, 0.25) is 5.78 Å². The van der Waals surface area contributed by atoms with Crippen LogP contribution in [0.3, 0.4) is 0 Å². The quantitative estimate of drug-likeness (QED) is 0.415. The van der Waals surface area contributed by atoms with E-state index in [0.29, 0.717) is 29.9 Å².